The molecule has 0 bridgehead atoms. The van der Waals surface area contributed by atoms with Crippen molar-refractivity contribution >= 4 is 23.4 Å². The van der Waals surface area contributed by atoms with Crippen molar-refractivity contribution in [3.05, 3.63) is 30.2 Å². The highest BCUT2D eigenvalue weighted by Gasteiger charge is 2.54. The number of anilines is 2. The molecule has 1 saturated heterocycles. The fraction of sp³-hybridized carbons (Fsp3) is 0.550. The molecule has 2 aliphatic rings. The largest absolute Gasteiger partial charge is 0.434 e. The molecule has 6 nitrogen and oxygen atoms in total. The highest BCUT2D eigenvalue weighted by molar-refractivity contribution is 7.99. The predicted molar refractivity (Wildman–Crippen MR) is 110 cm³/mol. The second kappa shape index (κ2) is 7.77. The minimum absolute atomic E-state index is 0.0497. The van der Waals surface area contributed by atoms with Gasteiger partial charge in [-0.05, 0) is 50.2 Å². The zero-order valence-electron chi connectivity index (χ0n) is 17.0. The summed E-state index contributed by atoms with van der Waals surface area (Å²) in [5, 5.41) is 0.182. The van der Waals surface area contributed by atoms with E-state index in [1.807, 2.05) is 4.90 Å². The third kappa shape index (κ3) is 4.17. The Morgan fingerprint density at radius 2 is 1.87 bits per heavy atom. The SMILES string of the molecule is CC1(F)CCC2(CCN(c3cnc(Sc4cccnc4C(F)(F)F)c(N)n3)CC2)[C@H]1N. The van der Waals surface area contributed by atoms with Crippen LogP contribution < -0.4 is 16.4 Å². The van der Waals surface area contributed by atoms with Crippen LogP contribution in [0.1, 0.15) is 38.3 Å². The summed E-state index contributed by atoms with van der Waals surface area (Å²) in [7, 11) is 0. The predicted octanol–water partition coefficient (Wildman–Crippen LogP) is 4.06. The molecule has 1 spiro atoms. The van der Waals surface area contributed by atoms with Gasteiger partial charge >= 0.3 is 6.18 Å². The lowest BCUT2D eigenvalue weighted by Crippen LogP contribution is -2.52. The summed E-state index contributed by atoms with van der Waals surface area (Å²) < 4.78 is 54.1. The van der Waals surface area contributed by atoms with Crippen LogP contribution in [0, 0.1) is 5.41 Å². The second-order valence-electron chi connectivity index (χ2n) is 8.47. The fourth-order valence-corrected chi connectivity index (χ4v) is 5.46. The molecule has 0 aromatic carbocycles. The first-order chi connectivity index (χ1) is 14.5. The van der Waals surface area contributed by atoms with Gasteiger partial charge in [-0.1, -0.05) is 11.8 Å². The molecule has 0 radical (unpaired) electrons. The van der Waals surface area contributed by atoms with Crippen LogP contribution in [0.25, 0.3) is 0 Å². The normalized spacial score (nSPS) is 25.9. The quantitative estimate of drug-likeness (QED) is 0.673. The van der Waals surface area contributed by atoms with Crippen molar-refractivity contribution in [1.29, 1.82) is 0 Å². The minimum atomic E-state index is -4.58. The van der Waals surface area contributed by atoms with Gasteiger partial charge in [-0.15, -0.1) is 0 Å². The van der Waals surface area contributed by atoms with E-state index < -0.39 is 23.6 Å². The summed E-state index contributed by atoms with van der Waals surface area (Å²) in [4.78, 5) is 14.0. The molecule has 2 aromatic heterocycles. The molecule has 1 aliphatic carbocycles. The molecular formula is C20H24F4N6S. The smallest absolute Gasteiger partial charge is 0.381 e. The van der Waals surface area contributed by atoms with E-state index in [2.05, 4.69) is 15.0 Å². The first-order valence-corrected chi connectivity index (χ1v) is 10.9. The van der Waals surface area contributed by atoms with Gasteiger partial charge in [0.15, 0.2) is 11.5 Å². The Balaban J connectivity index is 1.47. The third-order valence-electron chi connectivity index (χ3n) is 6.50. The van der Waals surface area contributed by atoms with Crippen LogP contribution in [0.2, 0.25) is 0 Å². The molecule has 4 rings (SSSR count). The van der Waals surface area contributed by atoms with Gasteiger partial charge in [-0.2, -0.15) is 13.2 Å². The molecule has 1 unspecified atom stereocenters. The topological polar surface area (TPSA) is 94.0 Å². The highest BCUT2D eigenvalue weighted by atomic mass is 32.2. The van der Waals surface area contributed by atoms with Crippen LogP contribution in [0.5, 0.6) is 0 Å². The molecule has 4 N–H and O–H groups in total. The summed E-state index contributed by atoms with van der Waals surface area (Å²) in [6.45, 7) is 2.87. The molecule has 2 fully saturated rings. The van der Waals surface area contributed by atoms with E-state index in [9.17, 15) is 17.6 Å². The molecule has 168 valence electrons. The van der Waals surface area contributed by atoms with Gasteiger partial charge in [0, 0.05) is 30.2 Å². The van der Waals surface area contributed by atoms with Gasteiger partial charge in [-0.3, -0.25) is 4.98 Å². The van der Waals surface area contributed by atoms with E-state index >= 15 is 0 Å². The minimum Gasteiger partial charge on any atom is -0.381 e. The number of hydrogen-bond acceptors (Lipinski definition) is 7. The summed E-state index contributed by atoms with van der Waals surface area (Å²) in [6, 6.07) is 2.26. The Morgan fingerprint density at radius 1 is 1.16 bits per heavy atom. The number of nitrogens with zero attached hydrogens (tertiary/aromatic N) is 4. The first kappa shape index (κ1) is 22.1. The Morgan fingerprint density at radius 3 is 2.45 bits per heavy atom. The average molecular weight is 457 g/mol. The van der Waals surface area contributed by atoms with E-state index in [0.29, 0.717) is 25.3 Å². The van der Waals surface area contributed by atoms with Crippen LogP contribution in [-0.4, -0.2) is 39.8 Å². The van der Waals surface area contributed by atoms with E-state index in [0.717, 1.165) is 37.2 Å². The number of rotatable bonds is 3. The Kier molecular flexibility index (Phi) is 5.53. The fourth-order valence-electron chi connectivity index (χ4n) is 4.59. The second-order valence-corrected chi connectivity index (χ2v) is 9.50. The van der Waals surface area contributed by atoms with Crippen LogP contribution in [0.4, 0.5) is 29.2 Å². The van der Waals surface area contributed by atoms with Crippen molar-refractivity contribution in [2.45, 2.75) is 60.4 Å². The molecule has 11 heteroatoms. The standard InChI is InChI=1S/C20H24F4N6S/c1-18(21)4-5-19(17(18)26)6-9-30(10-7-19)13-11-28-16(15(25)29-13)31-12-3-2-8-27-14(12)20(22,23)24/h2-3,8,11,17H,4-7,9-10,26H2,1H3,(H2,25,29)/t17-,18?/m0/s1. The molecule has 2 aromatic rings. The van der Waals surface area contributed by atoms with Gasteiger partial charge in [0.25, 0.3) is 0 Å². The Labute approximate surface area is 181 Å². The van der Waals surface area contributed by atoms with Crippen LogP contribution in [0.3, 0.4) is 0 Å². The lowest BCUT2D eigenvalue weighted by Gasteiger charge is -2.43. The van der Waals surface area contributed by atoms with E-state index in [-0.39, 0.29) is 21.2 Å². The molecular weight excluding hydrogens is 432 g/mol. The first-order valence-electron chi connectivity index (χ1n) is 10.0. The van der Waals surface area contributed by atoms with Crippen molar-refractivity contribution in [3.8, 4) is 0 Å². The molecule has 1 aliphatic heterocycles. The molecule has 3 heterocycles. The van der Waals surface area contributed by atoms with Crippen LogP contribution >= 0.6 is 11.8 Å². The third-order valence-corrected chi connectivity index (χ3v) is 7.56. The van der Waals surface area contributed by atoms with Gasteiger partial charge < -0.3 is 16.4 Å². The summed E-state index contributed by atoms with van der Waals surface area (Å²) in [5.41, 5.74) is 9.72. The van der Waals surface area contributed by atoms with Crippen molar-refractivity contribution in [1.82, 2.24) is 15.0 Å². The van der Waals surface area contributed by atoms with Crippen LogP contribution in [-0.2, 0) is 6.18 Å². The van der Waals surface area contributed by atoms with E-state index in [1.165, 1.54) is 18.3 Å². The molecule has 1 saturated carbocycles. The van der Waals surface area contributed by atoms with Crippen LogP contribution in [0.15, 0.2) is 34.4 Å². The van der Waals surface area contributed by atoms with E-state index in [1.54, 1.807) is 6.92 Å². The maximum atomic E-state index is 14.6. The van der Waals surface area contributed by atoms with Crippen molar-refractivity contribution < 1.29 is 17.6 Å². The maximum absolute atomic E-state index is 14.6. The monoisotopic (exact) mass is 456 g/mol. The number of pyridine rings is 1. The average Bonchev–Trinajstić information content (AvgIpc) is 2.94. The van der Waals surface area contributed by atoms with Gasteiger partial charge in [0.05, 0.1) is 6.20 Å². The summed E-state index contributed by atoms with van der Waals surface area (Å²) in [6.07, 6.45) is 0.759. The zero-order valence-corrected chi connectivity index (χ0v) is 17.8. The molecule has 31 heavy (non-hydrogen) atoms. The van der Waals surface area contributed by atoms with Crippen molar-refractivity contribution in [2.75, 3.05) is 23.7 Å². The molecule has 0 amide bonds. The van der Waals surface area contributed by atoms with Gasteiger partial charge in [0.2, 0.25) is 0 Å². The Bertz CT molecular complexity index is 959. The number of nitrogens with two attached hydrogens (primary N) is 2. The number of piperidine rings is 1. The number of alkyl halides is 4. The summed E-state index contributed by atoms with van der Waals surface area (Å²) in [5.74, 6) is 0.599. The summed E-state index contributed by atoms with van der Waals surface area (Å²) >= 11 is 0.781. The van der Waals surface area contributed by atoms with Gasteiger partial charge in [-0.25, -0.2) is 14.4 Å². The Hall–Kier alpha value is -2.14. The number of hydrogen-bond donors (Lipinski definition) is 2. The lowest BCUT2D eigenvalue weighted by atomic mass is 9.73. The maximum Gasteiger partial charge on any atom is 0.434 e. The lowest BCUT2D eigenvalue weighted by molar-refractivity contribution is -0.143. The van der Waals surface area contributed by atoms with E-state index in [4.69, 9.17) is 11.5 Å². The van der Waals surface area contributed by atoms with Crippen molar-refractivity contribution in [3.63, 3.8) is 0 Å². The number of nitrogen functional groups attached to an aromatic ring is 1. The number of aromatic nitrogens is 3. The number of halogens is 4. The highest BCUT2D eigenvalue weighted by Crippen LogP contribution is 2.51. The van der Waals surface area contributed by atoms with Gasteiger partial charge in [0.1, 0.15) is 16.5 Å². The van der Waals surface area contributed by atoms with Crippen molar-refractivity contribution in [2.24, 2.45) is 11.1 Å². The molecule has 2 atom stereocenters. The zero-order chi connectivity index (χ0) is 22.4.